The predicted molar refractivity (Wildman–Crippen MR) is 141 cm³/mol. The molecule has 0 N–H and O–H groups in total. The minimum atomic E-state index is 1.19. The summed E-state index contributed by atoms with van der Waals surface area (Å²) in [5.74, 6) is 0. The van der Waals surface area contributed by atoms with Crippen LogP contribution in [0.5, 0.6) is 0 Å². The van der Waals surface area contributed by atoms with Crippen LogP contribution in [0.4, 0.5) is 11.4 Å². The highest BCUT2D eigenvalue weighted by atomic mass is 15.1. The van der Waals surface area contributed by atoms with Crippen molar-refractivity contribution in [1.82, 2.24) is 0 Å². The van der Waals surface area contributed by atoms with Crippen LogP contribution < -0.4 is 9.80 Å². The van der Waals surface area contributed by atoms with E-state index in [1.165, 1.54) is 117 Å². The molecule has 0 aromatic heterocycles. The van der Waals surface area contributed by atoms with Gasteiger partial charge in [-0.3, -0.25) is 0 Å². The molecule has 0 bridgehead atoms. The smallest absolute Gasteiger partial charge is 0.0369 e. The van der Waals surface area contributed by atoms with Crippen LogP contribution in [0.1, 0.15) is 73.6 Å². The summed E-state index contributed by atoms with van der Waals surface area (Å²) in [6, 6.07) is 14.1. The maximum Gasteiger partial charge on any atom is 0.0369 e. The second-order valence-electron chi connectivity index (χ2n) is 9.62. The normalized spacial score (nSPS) is 17.4. The molecule has 32 heavy (non-hydrogen) atoms. The van der Waals surface area contributed by atoms with Gasteiger partial charge < -0.3 is 9.80 Å². The summed E-state index contributed by atoms with van der Waals surface area (Å²) in [6.45, 7) is 13.3. The van der Waals surface area contributed by atoms with Crippen LogP contribution in [0.2, 0.25) is 0 Å². The molecule has 2 aliphatic heterocycles. The summed E-state index contributed by atoms with van der Waals surface area (Å²) in [6.07, 6.45) is 14.8. The molecule has 2 aliphatic rings. The molecule has 2 aromatic rings. The lowest BCUT2D eigenvalue weighted by Gasteiger charge is -2.25. The Hall–Kier alpha value is -2.48. The van der Waals surface area contributed by atoms with Crippen molar-refractivity contribution in [3.05, 3.63) is 77.4 Å². The second kappa shape index (κ2) is 10.9. The summed E-state index contributed by atoms with van der Waals surface area (Å²) in [4.78, 5) is 5.14. The zero-order valence-corrected chi connectivity index (χ0v) is 20.2. The third kappa shape index (κ3) is 5.28. The average molecular weight is 429 g/mol. The van der Waals surface area contributed by atoms with E-state index in [1.54, 1.807) is 0 Å². The molecule has 0 amide bonds. The van der Waals surface area contributed by atoms with Gasteiger partial charge >= 0.3 is 0 Å². The Balaban J connectivity index is 1.62. The van der Waals surface area contributed by atoms with E-state index in [0.29, 0.717) is 0 Å². The van der Waals surface area contributed by atoms with Crippen LogP contribution >= 0.6 is 0 Å². The molecule has 0 spiro atoms. The van der Waals surface area contributed by atoms with E-state index >= 15 is 0 Å². The number of allylic oxidation sites excluding steroid dienone is 2. The first kappa shape index (κ1) is 22.7. The van der Waals surface area contributed by atoms with Crippen LogP contribution in [-0.2, 0) is 0 Å². The molecule has 2 aromatic carbocycles. The summed E-state index contributed by atoms with van der Waals surface area (Å²) in [5, 5.41) is 0. The first-order valence-corrected chi connectivity index (χ1v) is 12.7. The Kier molecular flexibility index (Phi) is 7.73. The first-order chi connectivity index (χ1) is 15.7. The molecule has 0 unspecified atom stereocenters. The van der Waals surface area contributed by atoms with E-state index in [4.69, 9.17) is 0 Å². The van der Waals surface area contributed by atoms with Crippen molar-refractivity contribution < 1.29 is 0 Å². The standard InChI is InChI=1S/C30H40N2/c1-4-13-30(28-16-14-26(22-24(28)2)31-18-9-5-6-10-19-31)29-17-15-27(23-25(29)3)32-20-11-7-8-12-21-32/h4,13-17,22-23H,1,5-12,18-21H2,2-3H3. The van der Waals surface area contributed by atoms with Crippen molar-refractivity contribution in [3.8, 4) is 0 Å². The van der Waals surface area contributed by atoms with Gasteiger partial charge in [-0.05, 0) is 91.6 Å². The van der Waals surface area contributed by atoms with Crippen molar-refractivity contribution in [2.75, 3.05) is 36.0 Å². The third-order valence-corrected chi connectivity index (χ3v) is 7.23. The van der Waals surface area contributed by atoms with Crippen molar-refractivity contribution in [2.45, 2.75) is 65.2 Å². The molecule has 0 aliphatic carbocycles. The SMILES string of the molecule is C=CC=C(c1ccc(N2CCCCCC2)cc1C)c1ccc(N2CCCCCC2)cc1C. The van der Waals surface area contributed by atoms with Crippen LogP contribution in [0, 0.1) is 13.8 Å². The Morgan fingerprint density at radius 1 is 0.656 bits per heavy atom. The van der Waals surface area contributed by atoms with Crippen LogP contribution in [-0.4, -0.2) is 26.2 Å². The lowest BCUT2D eigenvalue weighted by Crippen LogP contribution is -2.24. The van der Waals surface area contributed by atoms with E-state index in [-0.39, 0.29) is 0 Å². The number of nitrogens with zero attached hydrogens (tertiary/aromatic N) is 2. The number of rotatable bonds is 5. The van der Waals surface area contributed by atoms with Crippen LogP contribution in [0.3, 0.4) is 0 Å². The summed E-state index contributed by atoms with van der Waals surface area (Å²) in [7, 11) is 0. The van der Waals surface area contributed by atoms with Crippen molar-refractivity contribution in [3.63, 3.8) is 0 Å². The molecule has 170 valence electrons. The van der Waals surface area contributed by atoms with Gasteiger partial charge in [0.2, 0.25) is 0 Å². The Bertz CT molecular complexity index is 868. The lowest BCUT2D eigenvalue weighted by molar-refractivity contribution is 0.726. The monoisotopic (exact) mass is 428 g/mol. The van der Waals surface area contributed by atoms with Gasteiger partial charge in [-0.25, -0.2) is 0 Å². The number of benzene rings is 2. The van der Waals surface area contributed by atoms with E-state index in [2.05, 4.69) is 72.7 Å². The highest BCUT2D eigenvalue weighted by Gasteiger charge is 2.16. The summed E-state index contributed by atoms with van der Waals surface area (Å²) < 4.78 is 0. The van der Waals surface area contributed by atoms with Crippen LogP contribution in [0.25, 0.3) is 5.57 Å². The van der Waals surface area contributed by atoms with E-state index in [0.717, 1.165) is 0 Å². The van der Waals surface area contributed by atoms with Gasteiger partial charge in [0.1, 0.15) is 0 Å². The molecule has 2 saturated heterocycles. The molecule has 2 heteroatoms. The zero-order valence-electron chi connectivity index (χ0n) is 20.2. The highest BCUT2D eigenvalue weighted by Crippen LogP contribution is 2.33. The van der Waals surface area contributed by atoms with E-state index in [9.17, 15) is 0 Å². The number of hydrogen-bond acceptors (Lipinski definition) is 2. The highest BCUT2D eigenvalue weighted by molar-refractivity contribution is 5.85. The second-order valence-corrected chi connectivity index (χ2v) is 9.62. The van der Waals surface area contributed by atoms with Crippen LogP contribution in [0.15, 0.2) is 55.1 Å². The topological polar surface area (TPSA) is 6.48 Å². The van der Waals surface area contributed by atoms with Gasteiger partial charge in [-0.1, -0.05) is 56.5 Å². The fourth-order valence-electron chi connectivity index (χ4n) is 5.39. The minimum Gasteiger partial charge on any atom is -0.372 e. The summed E-state index contributed by atoms with van der Waals surface area (Å²) in [5.41, 5.74) is 9.34. The van der Waals surface area contributed by atoms with Gasteiger partial charge in [0, 0.05) is 37.6 Å². The largest absolute Gasteiger partial charge is 0.372 e. The lowest BCUT2D eigenvalue weighted by atomic mass is 9.90. The Labute approximate surface area is 195 Å². The molecule has 2 heterocycles. The maximum atomic E-state index is 4.02. The predicted octanol–water partition coefficient (Wildman–Crippen LogP) is 7.68. The molecule has 4 rings (SSSR count). The van der Waals surface area contributed by atoms with Gasteiger partial charge in [0.25, 0.3) is 0 Å². The van der Waals surface area contributed by atoms with Gasteiger partial charge in [-0.2, -0.15) is 0 Å². The van der Waals surface area contributed by atoms with Crippen molar-refractivity contribution in [2.24, 2.45) is 0 Å². The fourth-order valence-corrected chi connectivity index (χ4v) is 5.39. The maximum absolute atomic E-state index is 4.02. The molecular weight excluding hydrogens is 388 g/mol. The molecule has 0 saturated carbocycles. The molecule has 2 fully saturated rings. The molecule has 0 atom stereocenters. The van der Waals surface area contributed by atoms with Crippen molar-refractivity contribution >= 4 is 16.9 Å². The quantitative estimate of drug-likeness (QED) is 0.451. The van der Waals surface area contributed by atoms with Gasteiger partial charge in [0.05, 0.1) is 0 Å². The first-order valence-electron chi connectivity index (χ1n) is 12.7. The Morgan fingerprint density at radius 3 is 1.41 bits per heavy atom. The fraction of sp³-hybridized carbons (Fsp3) is 0.467. The Morgan fingerprint density at radius 2 is 1.06 bits per heavy atom. The zero-order chi connectivity index (χ0) is 22.3. The van der Waals surface area contributed by atoms with Gasteiger partial charge in [-0.15, -0.1) is 0 Å². The van der Waals surface area contributed by atoms with E-state index in [1.807, 2.05) is 6.08 Å². The number of aryl methyl sites for hydroxylation is 2. The summed E-state index contributed by atoms with van der Waals surface area (Å²) >= 11 is 0. The van der Waals surface area contributed by atoms with Gasteiger partial charge in [0.15, 0.2) is 0 Å². The molecule has 0 radical (unpaired) electrons. The minimum absolute atomic E-state index is 1.19. The molecular formula is C30H40N2. The molecule has 2 nitrogen and oxygen atoms in total. The van der Waals surface area contributed by atoms with Crippen molar-refractivity contribution in [1.29, 1.82) is 0 Å². The number of hydrogen-bond donors (Lipinski definition) is 0. The number of anilines is 2. The third-order valence-electron chi connectivity index (χ3n) is 7.23. The average Bonchev–Trinajstić information content (AvgIpc) is 3.24. The van der Waals surface area contributed by atoms with E-state index < -0.39 is 0 Å².